The van der Waals surface area contributed by atoms with Crippen molar-refractivity contribution in [1.82, 2.24) is 0 Å². The molecule has 0 aliphatic heterocycles. The van der Waals surface area contributed by atoms with Crippen LogP contribution in [-0.2, 0) is 0 Å². The van der Waals surface area contributed by atoms with Crippen molar-refractivity contribution in [2.24, 2.45) is 0 Å². The smallest absolute Gasteiger partial charge is 0.0546 e. The van der Waals surface area contributed by atoms with Crippen molar-refractivity contribution >= 4 is 27.8 Å². The van der Waals surface area contributed by atoms with E-state index in [1.54, 1.807) is 0 Å². The van der Waals surface area contributed by atoms with Crippen LogP contribution >= 0.6 is 0 Å². The Balaban J connectivity index is 1.43. The Morgan fingerprint density at radius 2 is 0.786 bits per heavy atom. The van der Waals surface area contributed by atoms with Gasteiger partial charge in [0, 0.05) is 16.9 Å². The van der Waals surface area contributed by atoms with Gasteiger partial charge in [0.1, 0.15) is 0 Å². The molecule has 7 aromatic rings. The third kappa shape index (κ3) is 4.98. The molecule has 7 aromatic carbocycles. The maximum atomic E-state index is 2.40. The minimum atomic E-state index is 1.12. The highest BCUT2D eigenvalue weighted by atomic mass is 15.1. The van der Waals surface area contributed by atoms with Crippen LogP contribution in [-0.4, -0.2) is 0 Å². The summed E-state index contributed by atoms with van der Waals surface area (Å²) in [6.07, 6.45) is 0. The highest BCUT2D eigenvalue weighted by molar-refractivity contribution is 5.99. The fraction of sp³-hybridized carbons (Fsp3) is 0.0244. The second-order valence-electron chi connectivity index (χ2n) is 10.7. The van der Waals surface area contributed by atoms with Gasteiger partial charge in [0.2, 0.25) is 0 Å². The fourth-order valence-corrected chi connectivity index (χ4v) is 5.80. The predicted molar refractivity (Wildman–Crippen MR) is 180 cm³/mol. The lowest BCUT2D eigenvalue weighted by atomic mass is 9.94. The minimum Gasteiger partial charge on any atom is -0.310 e. The van der Waals surface area contributed by atoms with Crippen LogP contribution in [0.25, 0.3) is 44.2 Å². The van der Waals surface area contributed by atoms with E-state index in [0.29, 0.717) is 0 Å². The Morgan fingerprint density at radius 3 is 1.31 bits per heavy atom. The van der Waals surface area contributed by atoms with Gasteiger partial charge < -0.3 is 4.90 Å². The van der Waals surface area contributed by atoms with Crippen molar-refractivity contribution in [1.29, 1.82) is 0 Å². The normalized spacial score (nSPS) is 11.0. The first kappa shape index (κ1) is 25.6. The van der Waals surface area contributed by atoms with Gasteiger partial charge in [0.05, 0.1) is 5.69 Å². The quantitative estimate of drug-likeness (QED) is 0.204. The molecule has 0 heterocycles. The van der Waals surface area contributed by atoms with Crippen LogP contribution in [0.5, 0.6) is 0 Å². The average molecular weight is 538 g/mol. The molecule has 0 atom stereocenters. The molecule has 0 bridgehead atoms. The summed E-state index contributed by atoms with van der Waals surface area (Å²) in [7, 11) is 0. The topological polar surface area (TPSA) is 3.24 Å². The van der Waals surface area contributed by atoms with Gasteiger partial charge in [-0.1, -0.05) is 133 Å². The number of aryl methyl sites for hydroxylation is 1. The zero-order valence-corrected chi connectivity index (χ0v) is 23.6. The first-order chi connectivity index (χ1) is 20.7. The summed E-state index contributed by atoms with van der Waals surface area (Å²) < 4.78 is 0. The summed E-state index contributed by atoms with van der Waals surface area (Å²) >= 11 is 0. The van der Waals surface area contributed by atoms with E-state index in [-0.39, 0.29) is 0 Å². The molecule has 0 unspecified atom stereocenters. The lowest BCUT2D eigenvalue weighted by Gasteiger charge is -2.29. The van der Waals surface area contributed by atoms with Crippen molar-refractivity contribution in [3.8, 4) is 33.4 Å². The monoisotopic (exact) mass is 537 g/mol. The fourth-order valence-electron chi connectivity index (χ4n) is 5.80. The lowest BCUT2D eigenvalue weighted by molar-refractivity contribution is 1.28. The van der Waals surface area contributed by atoms with E-state index in [1.165, 1.54) is 49.7 Å². The van der Waals surface area contributed by atoms with E-state index in [4.69, 9.17) is 0 Å². The van der Waals surface area contributed by atoms with E-state index < -0.39 is 0 Å². The van der Waals surface area contributed by atoms with E-state index in [9.17, 15) is 0 Å². The second-order valence-corrected chi connectivity index (χ2v) is 10.7. The molecule has 0 fully saturated rings. The molecule has 0 aliphatic carbocycles. The maximum absolute atomic E-state index is 2.40. The zero-order valence-electron chi connectivity index (χ0n) is 23.6. The Kier molecular flexibility index (Phi) is 6.84. The Hall–Kier alpha value is -5.40. The third-order valence-corrected chi connectivity index (χ3v) is 8.01. The molecule has 1 nitrogen and oxygen atoms in total. The SMILES string of the molecule is Cc1ccccc1-c1cc2ccccc2cc1N(c1ccc(-c2ccccc2)cc1)c1ccc(-c2ccccc2)cc1. The second kappa shape index (κ2) is 11.2. The van der Waals surface area contributed by atoms with Crippen molar-refractivity contribution < 1.29 is 0 Å². The number of benzene rings is 7. The number of anilines is 3. The molecule has 0 saturated carbocycles. The molecule has 0 N–H and O–H groups in total. The third-order valence-electron chi connectivity index (χ3n) is 8.01. The van der Waals surface area contributed by atoms with Crippen LogP contribution in [0, 0.1) is 6.92 Å². The van der Waals surface area contributed by atoms with Gasteiger partial charge in [0.25, 0.3) is 0 Å². The molecule has 7 rings (SSSR count). The summed E-state index contributed by atoms with van der Waals surface area (Å²) in [6.45, 7) is 2.20. The number of nitrogens with zero attached hydrogens (tertiary/aromatic N) is 1. The molecule has 0 aromatic heterocycles. The standard InChI is InChI=1S/C41H31N/c1-30-12-8-11-19-39(30)40-28-35-17-9-10-18-36(35)29-41(40)42(37-24-20-33(21-25-37)31-13-4-2-5-14-31)38-26-22-34(23-27-38)32-15-6-3-7-16-32/h2-29H,1H3. The molecule has 0 amide bonds. The van der Waals surface area contributed by atoms with Gasteiger partial charge >= 0.3 is 0 Å². The van der Waals surface area contributed by atoms with Crippen LogP contribution < -0.4 is 4.90 Å². The summed E-state index contributed by atoms with van der Waals surface area (Å²) in [5, 5.41) is 2.45. The highest BCUT2D eigenvalue weighted by Gasteiger charge is 2.19. The van der Waals surface area contributed by atoms with E-state index in [1.807, 2.05) is 0 Å². The van der Waals surface area contributed by atoms with Crippen molar-refractivity contribution in [3.63, 3.8) is 0 Å². The van der Waals surface area contributed by atoms with E-state index >= 15 is 0 Å². The Morgan fingerprint density at radius 1 is 0.357 bits per heavy atom. The van der Waals surface area contributed by atoms with Crippen molar-refractivity contribution in [3.05, 3.63) is 175 Å². The number of rotatable bonds is 6. The molecule has 0 saturated heterocycles. The summed E-state index contributed by atoms with van der Waals surface area (Å²) in [5.74, 6) is 0. The van der Waals surface area contributed by atoms with Crippen LogP contribution in [0.1, 0.15) is 5.56 Å². The summed E-state index contributed by atoms with van der Waals surface area (Å²) in [5.41, 5.74) is 11.9. The minimum absolute atomic E-state index is 1.12. The van der Waals surface area contributed by atoms with Crippen LogP contribution in [0.4, 0.5) is 17.1 Å². The summed E-state index contributed by atoms with van der Waals surface area (Å²) in [4.78, 5) is 2.40. The first-order valence-electron chi connectivity index (χ1n) is 14.4. The molecule has 0 aliphatic rings. The van der Waals surface area contributed by atoms with E-state index in [2.05, 4.69) is 182 Å². The molecule has 0 spiro atoms. The average Bonchev–Trinajstić information content (AvgIpc) is 3.06. The maximum Gasteiger partial charge on any atom is 0.0546 e. The van der Waals surface area contributed by atoms with Gasteiger partial charge in [-0.2, -0.15) is 0 Å². The highest BCUT2D eigenvalue weighted by Crippen LogP contribution is 2.44. The number of fused-ring (bicyclic) bond motifs is 1. The number of hydrogen-bond acceptors (Lipinski definition) is 1. The number of hydrogen-bond donors (Lipinski definition) is 0. The van der Waals surface area contributed by atoms with Gasteiger partial charge in [0.15, 0.2) is 0 Å². The van der Waals surface area contributed by atoms with Crippen molar-refractivity contribution in [2.45, 2.75) is 6.92 Å². The molecule has 1 heteroatoms. The van der Waals surface area contributed by atoms with Crippen LogP contribution in [0.2, 0.25) is 0 Å². The Labute approximate surface area is 248 Å². The molecular weight excluding hydrogens is 506 g/mol. The molecule has 200 valence electrons. The van der Waals surface area contributed by atoms with Gasteiger partial charge in [-0.3, -0.25) is 0 Å². The first-order valence-corrected chi connectivity index (χ1v) is 14.4. The van der Waals surface area contributed by atoms with Gasteiger partial charge in [-0.15, -0.1) is 0 Å². The zero-order chi connectivity index (χ0) is 28.3. The van der Waals surface area contributed by atoms with Gasteiger partial charge in [-0.05, 0) is 87.5 Å². The molecule has 0 radical (unpaired) electrons. The van der Waals surface area contributed by atoms with E-state index in [0.717, 1.165) is 17.1 Å². The van der Waals surface area contributed by atoms with Crippen molar-refractivity contribution in [2.75, 3.05) is 4.90 Å². The van der Waals surface area contributed by atoms with Gasteiger partial charge in [-0.25, -0.2) is 0 Å². The summed E-state index contributed by atoms with van der Waals surface area (Å²) in [6, 6.07) is 61.0. The molecule has 42 heavy (non-hydrogen) atoms. The predicted octanol–water partition coefficient (Wildman–Crippen LogP) is 11.6. The van der Waals surface area contributed by atoms with Crippen LogP contribution in [0.15, 0.2) is 170 Å². The van der Waals surface area contributed by atoms with Crippen LogP contribution in [0.3, 0.4) is 0 Å². The Bertz CT molecular complexity index is 1870. The largest absolute Gasteiger partial charge is 0.310 e. The molecular formula is C41H31N. The lowest BCUT2D eigenvalue weighted by Crippen LogP contribution is -2.11.